The Kier molecular flexibility index (Phi) is 6.30. The highest BCUT2D eigenvalue weighted by Crippen LogP contribution is 2.21. The van der Waals surface area contributed by atoms with Gasteiger partial charge in [-0.3, -0.25) is 14.0 Å². The van der Waals surface area contributed by atoms with Crippen LogP contribution in [-0.2, 0) is 14.3 Å². The topological polar surface area (TPSA) is 109 Å². The number of hydrogen-bond donors (Lipinski definition) is 1. The molecule has 0 radical (unpaired) electrons. The summed E-state index contributed by atoms with van der Waals surface area (Å²) in [6.45, 7) is 5.09. The van der Waals surface area contributed by atoms with Crippen molar-refractivity contribution in [2.45, 2.75) is 25.9 Å². The number of nitriles is 1. The van der Waals surface area contributed by atoms with Crippen molar-refractivity contribution < 1.29 is 14.3 Å². The Bertz CT molecular complexity index is 1110. The van der Waals surface area contributed by atoms with Crippen molar-refractivity contribution >= 4 is 23.4 Å². The van der Waals surface area contributed by atoms with Crippen molar-refractivity contribution in [3.63, 3.8) is 0 Å². The molecular formula is C22H25N5O4. The summed E-state index contributed by atoms with van der Waals surface area (Å²) in [6.07, 6.45) is 4.79. The van der Waals surface area contributed by atoms with Crippen LogP contribution in [0.2, 0.25) is 0 Å². The molecule has 2 aliphatic rings. The van der Waals surface area contributed by atoms with Gasteiger partial charge in [0.25, 0.3) is 11.5 Å². The number of carbonyl (C=O) groups excluding carboxylic acids is 1. The smallest absolute Gasteiger partial charge is 0.267 e. The lowest BCUT2D eigenvalue weighted by Gasteiger charge is -2.29. The number of aromatic nitrogens is 2. The zero-order chi connectivity index (χ0) is 21.8. The summed E-state index contributed by atoms with van der Waals surface area (Å²) in [4.78, 5) is 32.7. The number of aryl methyl sites for hydroxylation is 1. The molecule has 0 spiro atoms. The van der Waals surface area contributed by atoms with E-state index in [1.807, 2.05) is 24.0 Å². The van der Waals surface area contributed by atoms with Gasteiger partial charge in [-0.2, -0.15) is 5.26 Å². The number of hydrogen-bond acceptors (Lipinski definition) is 7. The zero-order valence-corrected chi connectivity index (χ0v) is 17.5. The number of fused-ring (bicyclic) bond motifs is 1. The lowest BCUT2D eigenvalue weighted by atomic mass is 10.1. The SMILES string of the molecule is Cc1cccn2c(=O)c(/C=C(/C#N)C(=O)NC[C@H]3CCCO3)c(N3CCOCC3)nc12. The number of morpholine rings is 1. The van der Waals surface area contributed by atoms with E-state index < -0.39 is 5.91 Å². The number of anilines is 1. The average molecular weight is 423 g/mol. The summed E-state index contributed by atoms with van der Waals surface area (Å²) in [5.41, 5.74) is 1.16. The van der Waals surface area contributed by atoms with E-state index in [0.717, 1.165) is 18.4 Å². The van der Waals surface area contributed by atoms with Crippen molar-refractivity contribution in [1.82, 2.24) is 14.7 Å². The molecule has 0 aromatic carbocycles. The number of nitrogens with one attached hydrogen (secondary N) is 1. The number of amides is 1. The quantitative estimate of drug-likeness (QED) is 0.565. The molecule has 1 atom stereocenters. The van der Waals surface area contributed by atoms with E-state index in [2.05, 4.69) is 5.32 Å². The minimum absolute atomic E-state index is 0.0382. The van der Waals surface area contributed by atoms with Gasteiger partial charge >= 0.3 is 0 Å². The van der Waals surface area contributed by atoms with Gasteiger partial charge in [0.1, 0.15) is 23.1 Å². The highest BCUT2D eigenvalue weighted by Gasteiger charge is 2.22. The highest BCUT2D eigenvalue weighted by atomic mass is 16.5. The fourth-order valence-electron chi connectivity index (χ4n) is 3.84. The molecule has 31 heavy (non-hydrogen) atoms. The molecule has 0 saturated carbocycles. The molecule has 0 unspecified atom stereocenters. The summed E-state index contributed by atoms with van der Waals surface area (Å²) in [7, 11) is 0. The van der Waals surface area contributed by atoms with Crippen molar-refractivity contribution in [1.29, 1.82) is 5.26 Å². The largest absolute Gasteiger partial charge is 0.378 e. The second-order valence-corrected chi connectivity index (χ2v) is 7.65. The summed E-state index contributed by atoms with van der Waals surface area (Å²) >= 11 is 0. The molecule has 162 valence electrons. The van der Waals surface area contributed by atoms with Gasteiger partial charge in [-0.25, -0.2) is 4.98 Å². The zero-order valence-electron chi connectivity index (χ0n) is 17.5. The molecule has 0 bridgehead atoms. The van der Waals surface area contributed by atoms with Gasteiger partial charge < -0.3 is 19.7 Å². The Hall–Kier alpha value is -3.22. The van der Waals surface area contributed by atoms with Crippen LogP contribution < -0.4 is 15.8 Å². The van der Waals surface area contributed by atoms with Crippen LogP contribution in [0.1, 0.15) is 24.0 Å². The summed E-state index contributed by atoms with van der Waals surface area (Å²) in [5, 5.41) is 12.4. The van der Waals surface area contributed by atoms with Crippen molar-refractivity contribution in [3.05, 3.63) is 45.4 Å². The van der Waals surface area contributed by atoms with Crippen LogP contribution in [-0.4, -0.2) is 60.9 Å². The van der Waals surface area contributed by atoms with Gasteiger partial charge in [-0.15, -0.1) is 0 Å². The average Bonchev–Trinajstić information content (AvgIpc) is 3.31. The maximum Gasteiger partial charge on any atom is 0.267 e. The first-order valence-electron chi connectivity index (χ1n) is 10.4. The maximum atomic E-state index is 13.3. The van der Waals surface area contributed by atoms with E-state index in [4.69, 9.17) is 14.5 Å². The fourth-order valence-corrected chi connectivity index (χ4v) is 3.84. The number of rotatable bonds is 5. The first-order chi connectivity index (χ1) is 15.1. The molecule has 2 aromatic rings. The molecule has 1 N–H and O–H groups in total. The number of carbonyl (C=O) groups is 1. The Balaban J connectivity index is 1.74. The standard InChI is InChI=1S/C22H25N5O4/c1-15-4-2-6-27-19(15)25-20(26-7-10-30-11-8-26)18(22(27)29)12-16(13-23)21(28)24-14-17-5-3-9-31-17/h2,4,6,12,17H,3,5,7-11,14H2,1H3,(H,24,28)/b16-12-/t17-/m1/s1. The maximum absolute atomic E-state index is 13.3. The molecule has 0 aliphatic carbocycles. The van der Waals surface area contributed by atoms with E-state index in [1.54, 1.807) is 12.3 Å². The Morgan fingerprint density at radius 1 is 1.39 bits per heavy atom. The third kappa shape index (κ3) is 4.45. The van der Waals surface area contributed by atoms with Crippen LogP contribution in [0.3, 0.4) is 0 Å². The second-order valence-electron chi connectivity index (χ2n) is 7.65. The molecule has 2 aromatic heterocycles. The predicted molar refractivity (Wildman–Crippen MR) is 115 cm³/mol. The lowest BCUT2D eigenvalue weighted by Crippen LogP contribution is -2.39. The molecule has 9 nitrogen and oxygen atoms in total. The lowest BCUT2D eigenvalue weighted by molar-refractivity contribution is -0.117. The third-order valence-electron chi connectivity index (χ3n) is 5.54. The fraction of sp³-hybridized carbons (Fsp3) is 0.455. The molecule has 1 amide bonds. The van der Waals surface area contributed by atoms with Gasteiger partial charge in [-0.05, 0) is 37.5 Å². The molecular weight excluding hydrogens is 398 g/mol. The summed E-state index contributed by atoms with van der Waals surface area (Å²) < 4.78 is 12.4. The van der Waals surface area contributed by atoms with Crippen LogP contribution in [0.15, 0.2) is 28.7 Å². The molecule has 4 rings (SSSR count). The van der Waals surface area contributed by atoms with Crippen LogP contribution in [0.4, 0.5) is 5.82 Å². The number of nitrogens with zero attached hydrogens (tertiary/aromatic N) is 4. The molecule has 2 aliphatic heterocycles. The van der Waals surface area contributed by atoms with Crippen molar-refractivity contribution in [2.75, 3.05) is 44.4 Å². The van der Waals surface area contributed by atoms with Crippen molar-refractivity contribution in [2.24, 2.45) is 0 Å². The van der Waals surface area contributed by atoms with E-state index in [-0.39, 0.29) is 22.8 Å². The van der Waals surface area contributed by atoms with E-state index >= 15 is 0 Å². The predicted octanol–water partition coefficient (Wildman–Crippen LogP) is 1.04. The normalized spacial score (nSPS) is 19.4. The molecule has 2 fully saturated rings. The molecule has 2 saturated heterocycles. The van der Waals surface area contributed by atoms with Gasteiger partial charge in [0, 0.05) is 32.4 Å². The van der Waals surface area contributed by atoms with E-state index in [9.17, 15) is 14.9 Å². The first kappa shape index (κ1) is 21.0. The molecule has 9 heteroatoms. The van der Waals surface area contributed by atoms with E-state index in [1.165, 1.54) is 10.5 Å². The number of ether oxygens (including phenoxy) is 2. The summed E-state index contributed by atoms with van der Waals surface area (Å²) in [6, 6.07) is 5.59. The molecule has 4 heterocycles. The Morgan fingerprint density at radius 2 is 2.19 bits per heavy atom. The van der Waals surface area contributed by atoms with Crippen LogP contribution in [0.5, 0.6) is 0 Å². The van der Waals surface area contributed by atoms with Crippen LogP contribution in [0.25, 0.3) is 11.7 Å². The monoisotopic (exact) mass is 423 g/mol. The minimum atomic E-state index is -0.528. The summed E-state index contributed by atoms with van der Waals surface area (Å²) in [5.74, 6) is -0.0676. The van der Waals surface area contributed by atoms with Gasteiger partial charge in [0.15, 0.2) is 0 Å². The third-order valence-corrected chi connectivity index (χ3v) is 5.54. The Morgan fingerprint density at radius 3 is 2.90 bits per heavy atom. The van der Waals surface area contributed by atoms with Crippen LogP contribution in [0, 0.1) is 18.3 Å². The van der Waals surface area contributed by atoms with Crippen LogP contribution >= 0.6 is 0 Å². The second kappa shape index (κ2) is 9.29. The van der Waals surface area contributed by atoms with Crippen molar-refractivity contribution in [3.8, 4) is 6.07 Å². The van der Waals surface area contributed by atoms with Gasteiger partial charge in [-0.1, -0.05) is 6.07 Å². The minimum Gasteiger partial charge on any atom is -0.378 e. The van der Waals surface area contributed by atoms with Gasteiger partial charge in [0.2, 0.25) is 0 Å². The van der Waals surface area contributed by atoms with Gasteiger partial charge in [0.05, 0.1) is 24.9 Å². The van der Waals surface area contributed by atoms with E-state index in [0.29, 0.717) is 50.9 Å². The number of pyridine rings is 1. The Labute approximate surface area is 179 Å². The first-order valence-corrected chi connectivity index (χ1v) is 10.4. The highest BCUT2D eigenvalue weighted by molar-refractivity contribution is 6.02.